The topological polar surface area (TPSA) is 33.1 Å². The molecule has 3 heterocycles. The molecule has 1 saturated heterocycles. The molecule has 36 heavy (non-hydrogen) atoms. The van der Waals surface area contributed by atoms with Gasteiger partial charge in [-0.2, -0.15) is 13.2 Å². The van der Waals surface area contributed by atoms with E-state index >= 15 is 0 Å². The summed E-state index contributed by atoms with van der Waals surface area (Å²) in [7, 11) is 0. The van der Waals surface area contributed by atoms with Crippen LogP contribution in [-0.2, 0) is 6.18 Å². The molecule has 0 spiro atoms. The Hall–Kier alpha value is -3.36. The summed E-state index contributed by atoms with van der Waals surface area (Å²) < 4.78 is 43.3. The van der Waals surface area contributed by atoms with Crippen LogP contribution in [0.4, 0.5) is 18.9 Å². The Morgan fingerprint density at radius 1 is 0.972 bits per heavy atom. The molecule has 9 heteroatoms. The molecular formula is C27H22ClF3N4S. The minimum atomic E-state index is -4.48. The monoisotopic (exact) mass is 526 g/mol. The fourth-order valence-electron chi connectivity index (χ4n) is 4.92. The van der Waals surface area contributed by atoms with Gasteiger partial charge in [-0.3, -0.25) is 4.98 Å². The second-order valence-electron chi connectivity index (χ2n) is 8.65. The number of aryl methyl sites for hydroxylation is 1. The van der Waals surface area contributed by atoms with Gasteiger partial charge in [-0.15, -0.1) is 0 Å². The second-order valence-corrected chi connectivity index (χ2v) is 9.47. The Balaban J connectivity index is 1.70. The molecule has 4 aromatic rings. The lowest BCUT2D eigenvalue weighted by Crippen LogP contribution is -2.29. The van der Waals surface area contributed by atoms with E-state index in [9.17, 15) is 13.2 Å². The standard InChI is InChI=1S/C27H22ClF3N4S/c1-16-15-20(17(2)34(16)23-9-4-3-7-21(23)27(29,30)31)25-24(22-8-5-6-14-32-22)33-26(36)35(25)19-12-10-18(28)11-13-19/h3-15,24-25H,1-2H3,(H,33,36). The molecule has 2 aromatic carbocycles. The van der Waals surface area contributed by atoms with Crippen molar-refractivity contribution in [3.63, 3.8) is 0 Å². The van der Waals surface area contributed by atoms with E-state index in [2.05, 4.69) is 10.3 Å². The zero-order valence-corrected chi connectivity index (χ0v) is 21.0. The van der Waals surface area contributed by atoms with Crippen molar-refractivity contribution in [2.75, 3.05) is 4.90 Å². The summed E-state index contributed by atoms with van der Waals surface area (Å²) in [4.78, 5) is 6.53. The maximum atomic E-state index is 13.9. The summed E-state index contributed by atoms with van der Waals surface area (Å²) in [5.74, 6) is 0. The third-order valence-corrected chi connectivity index (χ3v) is 7.01. The van der Waals surface area contributed by atoms with Crippen LogP contribution in [0.3, 0.4) is 0 Å². The first-order valence-corrected chi connectivity index (χ1v) is 12.1. The number of nitrogens with one attached hydrogen (secondary N) is 1. The van der Waals surface area contributed by atoms with Crippen molar-refractivity contribution in [3.05, 3.63) is 112 Å². The number of hydrogen-bond donors (Lipinski definition) is 1. The highest BCUT2D eigenvalue weighted by Gasteiger charge is 2.43. The SMILES string of the molecule is Cc1cc(C2C(c3ccccn3)NC(=S)N2c2ccc(Cl)cc2)c(C)n1-c1ccccc1C(F)(F)F. The highest BCUT2D eigenvalue weighted by atomic mass is 35.5. The smallest absolute Gasteiger partial charge is 0.351 e. The van der Waals surface area contributed by atoms with E-state index in [0.29, 0.717) is 21.5 Å². The van der Waals surface area contributed by atoms with Gasteiger partial charge in [-0.1, -0.05) is 29.8 Å². The van der Waals surface area contributed by atoms with E-state index < -0.39 is 11.7 Å². The number of para-hydroxylation sites is 1. The first-order chi connectivity index (χ1) is 17.2. The zero-order valence-electron chi connectivity index (χ0n) is 19.4. The van der Waals surface area contributed by atoms with Crippen molar-refractivity contribution in [3.8, 4) is 5.69 Å². The minimum absolute atomic E-state index is 0.0900. The number of pyridine rings is 1. The average Bonchev–Trinajstić information content (AvgIpc) is 3.34. The minimum Gasteiger partial charge on any atom is -0.351 e. The van der Waals surface area contributed by atoms with E-state index in [0.717, 1.165) is 23.0 Å². The van der Waals surface area contributed by atoms with E-state index in [-0.39, 0.29) is 17.8 Å². The van der Waals surface area contributed by atoms with E-state index in [4.69, 9.17) is 23.8 Å². The first-order valence-electron chi connectivity index (χ1n) is 11.3. The zero-order chi connectivity index (χ0) is 25.6. The fraction of sp³-hybridized carbons (Fsp3) is 0.185. The van der Waals surface area contributed by atoms with Gasteiger partial charge in [0, 0.05) is 28.3 Å². The summed E-state index contributed by atoms with van der Waals surface area (Å²) in [5.41, 5.74) is 3.24. The van der Waals surface area contributed by atoms with Crippen LogP contribution in [0.25, 0.3) is 5.69 Å². The van der Waals surface area contributed by atoms with Crippen molar-refractivity contribution < 1.29 is 13.2 Å². The number of aromatic nitrogens is 2. The van der Waals surface area contributed by atoms with Gasteiger partial charge in [0.05, 0.1) is 29.0 Å². The number of benzene rings is 2. The fourth-order valence-corrected chi connectivity index (χ4v) is 5.39. The van der Waals surface area contributed by atoms with Gasteiger partial charge in [0.25, 0.3) is 0 Å². The van der Waals surface area contributed by atoms with Gasteiger partial charge < -0.3 is 14.8 Å². The van der Waals surface area contributed by atoms with Crippen LogP contribution in [0.5, 0.6) is 0 Å². The van der Waals surface area contributed by atoms with Gasteiger partial charge in [-0.05, 0) is 86.2 Å². The number of rotatable bonds is 4. The summed E-state index contributed by atoms with van der Waals surface area (Å²) in [6.07, 6.45) is -2.77. The van der Waals surface area contributed by atoms with Gasteiger partial charge in [0.15, 0.2) is 5.11 Å². The predicted octanol–water partition coefficient (Wildman–Crippen LogP) is 7.34. The van der Waals surface area contributed by atoms with Gasteiger partial charge in [0.2, 0.25) is 0 Å². The van der Waals surface area contributed by atoms with Gasteiger partial charge in [-0.25, -0.2) is 0 Å². The van der Waals surface area contributed by atoms with Gasteiger partial charge >= 0.3 is 6.18 Å². The van der Waals surface area contributed by atoms with Crippen LogP contribution in [-0.4, -0.2) is 14.7 Å². The average molecular weight is 527 g/mol. The third kappa shape index (κ3) is 4.24. The number of anilines is 1. The van der Waals surface area contributed by atoms with E-state index in [1.54, 1.807) is 29.0 Å². The molecule has 0 amide bonds. The predicted molar refractivity (Wildman–Crippen MR) is 140 cm³/mol. The number of halogens is 4. The second kappa shape index (κ2) is 9.26. The number of thiocarbonyl (C=S) groups is 1. The molecule has 2 unspecified atom stereocenters. The Labute approximate surface area is 217 Å². The van der Waals surface area contributed by atoms with Crippen LogP contribution in [0.2, 0.25) is 5.02 Å². The van der Waals surface area contributed by atoms with Crippen LogP contribution in [0.1, 0.15) is 40.3 Å². The third-order valence-electron chi connectivity index (χ3n) is 6.44. The maximum Gasteiger partial charge on any atom is 0.418 e. The molecule has 4 nitrogen and oxygen atoms in total. The quantitative estimate of drug-likeness (QED) is 0.282. The van der Waals surface area contributed by atoms with Crippen molar-refractivity contribution in [1.29, 1.82) is 0 Å². The Morgan fingerprint density at radius 3 is 2.33 bits per heavy atom. The van der Waals surface area contributed by atoms with Crippen molar-refractivity contribution in [2.24, 2.45) is 0 Å². The summed E-state index contributed by atoms with van der Waals surface area (Å²) in [6, 6.07) is 19.9. The highest BCUT2D eigenvalue weighted by Crippen LogP contribution is 2.44. The van der Waals surface area contributed by atoms with E-state index in [1.807, 2.05) is 55.1 Å². The molecule has 1 N–H and O–H groups in total. The molecule has 0 saturated carbocycles. The van der Waals surface area contributed by atoms with E-state index in [1.165, 1.54) is 12.1 Å². The van der Waals surface area contributed by atoms with Crippen molar-refractivity contribution >= 4 is 34.6 Å². The number of nitrogens with zero attached hydrogens (tertiary/aromatic N) is 3. The lowest BCUT2D eigenvalue weighted by atomic mass is 9.96. The lowest BCUT2D eigenvalue weighted by Gasteiger charge is -2.28. The van der Waals surface area contributed by atoms with Crippen LogP contribution >= 0.6 is 23.8 Å². The molecule has 184 valence electrons. The largest absolute Gasteiger partial charge is 0.418 e. The molecule has 5 rings (SSSR count). The normalized spacial score (nSPS) is 17.9. The molecule has 1 aliphatic rings. The Morgan fingerprint density at radius 2 is 1.67 bits per heavy atom. The van der Waals surface area contributed by atoms with Crippen LogP contribution in [0, 0.1) is 13.8 Å². The van der Waals surface area contributed by atoms with Gasteiger partial charge in [0.1, 0.15) is 0 Å². The molecule has 2 atom stereocenters. The lowest BCUT2D eigenvalue weighted by molar-refractivity contribution is -0.137. The molecule has 2 aromatic heterocycles. The summed E-state index contributed by atoms with van der Waals surface area (Å²) in [5, 5.41) is 4.48. The number of alkyl halides is 3. The highest BCUT2D eigenvalue weighted by molar-refractivity contribution is 7.80. The van der Waals surface area contributed by atoms with Crippen molar-refractivity contribution in [2.45, 2.75) is 32.1 Å². The molecule has 1 aliphatic heterocycles. The molecule has 0 aliphatic carbocycles. The summed E-state index contributed by atoms with van der Waals surface area (Å²) in [6.45, 7) is 3.65. The Bertz CT molecular complexity index is 1420. The number of hydrogen-bond acceptors (Lipinski definition) is 2. The van der Waals surface area contributed by atoms with Crippen LogP contribution < -0.4 is 10.2 Å². The molecule has 0 radical (unpaired) electrons. The summed E-state index contributed by atoms with van der Waals surface area (Å²) >= 11 is 11.9. The maximum absolute atomic E-state index is 13.9. The molecule has 1 fully saturated rings. The first kappa shape index (κ1) is 24.3. The van der Waals surface area contributed by atoms with Crippen molar-refractivity contribution in [1.82, 2.24) is 14.9 Å². The Kier molecular flexibility index (Phi) is 6.26. The van der Waals surface area contributed by atoms with Crippen LogP contribution in [0.15, 0.2) is 79.0 Å². The molecular weight excluding hydrogens is 505 g/mol. The molecule has 0 bridgehead atoms.